The van der Waals surface area contributed by atoms with Crippen LogP contribution in [0, 0.1) is 0 Å². The number of aliphatic hydroxyl groups excluding tert-OH is 1. The lowest BCUT2D eigenvalue weighted by molar-refractivity contribution is -0.118. The minimum absolute atomic E-state index is 0.0849. The Hall–Kier alpha value is -1.76. The van der Waals surface area contributed by atoms with Gasteiger partial charge in [0, 0.05) is 24.2 Å². The molecule has 1 atom stereocenters. The van der Waals surface area contributed by atoms with Crippen LogP contribution in [0.2, 0.25) is 0 Å². The molecule has 0 spiro atoms. The van der Waals surface area contributed by atoms with Gasteiger partial charge in [-0.2, -0.15) is 0 Å². The van der Waals surface area contributed by atoms with Crippen molar-refractivity contribution in [3.8, 4) is 0 Å². The van der Waals surface area contributed by atoms with Crippen LogP contribution >= 0.6 is 11.6 Å². The number of aldehydes is 2. The molecule has 0 radical (unpaired) electrons. The van der Waals surface area contributed by atoms with Gasteiger partial charge in [-0.25, -0.2) is 0 Å². The van der Waals surface area contributed by atoms with E-state index in [1.54, 1.807) is 18.2 Å². The summed E-state index contributed by atoms with van der Waals surface area (Å²) in [6, 6.07) is 4.99. The maximum Gasteiger partial charge on any atom is 0.234 e. The van der Waals surface area contributed by atoms with Gasteiger partial charge in [0.1, 0.15) is 12.1 Å². The second kappa shape index (κ2) is 10.0. The first-order valence-electron chi connectivity index (χ1n) is 6.88. The average molecular weight is 327 g/mol. The van der Waals surface area contributed by atoms with Gasteiger partial charge < -0.3 is 10.4 Å². The molecule has 0 aromatic heterocycles. The molecule has 7 heteroatoms. The smallest absolute Gasteiger partial charge is 0.234 e. The lowest BCUT2D eigenvalue weighted by atomic mass is 10.0. The molecule has 0 aliphatic heterocycles. The van der Waals surface area contributed by atoms with Crippen molar-refractivity contribution in [2.75, 3.05) is 19.0 Å². The fourth-order valence-electron chi connectivity index (χ4n) is 1.88. The molecule has 0 aliphatic carbocycles. The number of benzene rings is 1. The molecule has 1 amide bonds. The minimum atomic E-state index is -0.724. The number of aliphatic hydroxyl groups is 1. The number of aryl methyl sites for hydroxylation is 1. The van der Waals surface area contributed by atoms with E-state index < -0.39 is 6.23 Å². The largest absolute Gasteiger partial charge is 0.379 e. The van der Waals surface area contributed by atoms with E-state index in [2.05, 4.69) is 10.6 Å². The monoisotopic (exact) mass is 326 g/mol. The zero-order valence-electron chi connectivity index (χ0n) is 12.0. The standard InChI is InChI=1S/C15H19ClN2O4/c16-8-15(22)18-6-5-17-14(21)4-2-11-1-3-12(9-19)13(7-11)10-20/h1,3,7,9-10,14,17,21H,2,4-6,8H2,(H,18,22). The van der Waals surface area contributed by atoms with Crippen molar-refractivity contribution < 1.29 is 19.5 Å². The molecule has 1 aromatic rings. The summed E-state index contributed by atoms with van der Waals surface area (Å²) < 4.78 is 0. The summed E-state index contributed by atoms with van der Waals surface area (Å²) in [5.41, 5.74) is 1.56. The van der Waals surface area contributed by atoms with Gasteiger partial charge in [-0.3, -0.25) is 19.7 Å². The Bertz CT molecular complexity index is 522. The number of nitrogens with one attached hydrogen (secondary N) is 2. The number of hydrogen-bond acceptors (Lipinski definition) is 5. The molecule has 0 saturated heterocycles. The second-order valence-electron chi connectivity index (χ2n) is 4.69. The molecule has 0 saturated carbocycles. The predicted octanol–water partition coefficient (Wildman–Crippen LogP) is 0.507. The Kier molecular flexibility index (Phi) is 8.35. The van der Waals surface area contributed by atoms with Gasteiger partial charge >= 0.3 is 0 Å². The van der Waals surface area contributed by atoms with Crippen LogP contribution in [0.25, 0.3) is 0 Å². The molecule has 0 bridgehead atoms. The maximum atomic E-state index is 10.9. The van der Waals surface area contributed by atoms with E-state index >= 15 is 0 Å². The highest BCUT2D eigenvalue weighted by molar-refractivity contribution is 6.27. The van der Waals surface area contributed by atoms with Crippen LogP contribution < -0.4 is 10.6 Å². The van der Waals surface area contributed by atoms with Crippen LogP contribution in [0.15, 0.2) is 18.2 Å². The van der Waals surface area contributed by atoms with E-state index in [0.29, 0.717) is 49.6 Å². The topological polar surface area (TPSA) is 95.5 Å². The van der Waals surface area contributed by atoms with E-state index in [9.17, 15) is 19.5 Å². The lowest BCUT2D eigenvalue weighted by Crippen LogP contribution is -2.37. The third-order valence-corrected chi connectivity index (χ3v) is 3.30. The lowest BCUT2D eigenvalue weighted by Gasteiger charge is -2.13. The molecule has 1 unspecified atom stereocenters. The molecule has 120 valence electrons. The summed E-state index contributed by atoms with van der Waals surface area (Å²) in [5.74, 6) is -0.340. The van der Waals surface area contributed by atoms with Crippen LogP contribution in [0.1, 0.15) is 32.7 Å². The number of amides is 1. The Labute approximate surface area is 133 Å². The SMILES string of the molecule is O=Cc1ccc(CCC(O)NCCNC(=O)CCl)cc1C=O. The zero-order valence-corrected chi connectivity index (χ0v) is 12.8. The minimum Gasteiger partial charge on any atom is -0.379 e. The zero-order chi connectivity index (χ0) is 16.4. The number of rotatable bonds is 10. The molecule has 0 fully saturated rings. The van der Waals surface area contributed by atoms with Crippen molar-refractivity contribution in [3.63, 3.8) is 0 Å². The van der Waals surface area contributed by atoms with E-state index in [1.807, 2.05) is 0 Å². The van der Waals surface area contributed by atoms with Crippen molar-refractivity contribution in [2.24, 2.45) is 0 Å². The van der Waals surface area contributed by atoms with Crippen molar-refractivity contribution in [3.05, 3.63) is 34.9 Å². The van der Waals surface area contributed by atoms with Crippen LogP contribution in [0.5, 0.6) is 0 Å². The highest BCUT2D eigenvalue weighted by atomic mass is 35.5. The van der Waals surface area contributed by atoms with Gasteiger partial charge in [0.05, 0.1) is 0 Å². The summed E-state index contributed by atoms with van der Waals surface area (Å²) in [5, 5.41) is 15.2. The van der Waals surface area contributed by atoms with Gasteiger partial charge in [-0.05, 0) is 24.5 Å². The fraction of sp³-hybridized carbons (Fsp3) is 0.400. The molecule has 0 heterocycles. The van der Waals surface area contributed by atoms with Crippen LogP contribution in [0.4, 0.5) is 0 Å². The van der Waals surface area contributed by atoms with Crippen LogP contribution in [0.3, 0.4) is 0 Å². The van der Waals surface area contributed by atoms with E-state index in [4.69, 9.17) is 11.6 Å². The third-order valence-electron chi connectivity index (χ3n) is 3.06. The molecule has 22 heavy (non-hydrogen) atoms. The highest BCUT2D eigenvalue weighted by Crippen LogP contribution is 2.11. The Balaban J connectivity index is 2.34. The van der Waals surface area contributed by atoms with Gasteiger partial charge in [0.2, 0.25) is 5.91 Å². The van der Waals surface area contributed by atoms with Crippen molar-refractivity contribution >= 4 is 30.1 Å². The summed E-state index contributed by atoms with van der Waals surface area (Å²) in [7, 11) is 0. The molecular formula is C15H19ClN2O4. The third kappa shape index (κ3) is 6.34. The van der Waals surface area contributed by atoms with E-state index in [1.165, 1.54) is 0 Å². The van der Waals surface area contributed by atoms with Crippen LogP contribution in [-0.4, -0.2) is 48.8 Å². The number of halogens is 1. The molecule has 1 rings (SSSR count). The summed E-state index contributed by atoms with van der Waals surface area (Å²) in [4.78, 5) is 32.5. The molecule has 3 N–H and O–H groups in total. The average Bonchev–Trinajstić information content (AvgIpc) is 2.56. The first-order chi connectivity index (χ1) is 10.6. The first kappa shape index (κ1) is 18.3. The number of carbonyl (C=O) groups is 3. The van der Waals surface area contributed by atoms with Crippen molar-refractivity contribution in [1.82, 2.24) is 10.6 Å². The Morgan fingerprint density at radius 2 is 1.95 bits per heavy atom. The molecular weight excluding hydrogens is 308 g/mol. The summed E-state index contributed by atoms with van der Waals surface area (Å²) >= 11 is 5.33. The Morgan fingerprint density at radius 3 is 2.59 bits per heavy atom. The Morgan fingerprint density at radius 1 is 1.23 bits per heavy atom. The summed E-state index contributed by atoms with van der Waals surface area (Å²) in [6.45, 7) is 0.805. The number of carbonyl (C=O) groups excluding carboxylic acids is 3. The van der Waals surface area contributed by atoms with Gasteiger partial charge in [0.25, 0.3) is 0 Å². The van der Waals surface area contributed by atoms with Crippen molar-refractivity contribution in [1.29, 1.82) is 0 Å². The summed E-state index contributed by atoms with van der Waals surface area (Å²) in [6.07, 6.45) is 1.56. The van der Waals surface area contributed by atoms with Gasteiger partial charge in [-0.1, -0.05) is 12.1 Å². The first-order valence-corrected chi connectivity index (χ1v) is 7.41. The van der Waals surface area contributed by atoms with Crippen LogP contribution in [-0.2, 0) is 11.2 Å². The number of alkyl halides is 1. The molecule has 1 aromatic carbocycles. The highest BCUT2D eigenvalue weighted by Gasteiger charge is 2.06. The maximum absolute atomic E-state index is 10.9. The molecule has 6 nitrogen and oxygen atoms in total. The molecule has 0 aliphatic rings. The quantitative estimate of drug-likeness (QED) is 0.252. The van der Waals surface area contributed by atoms with Crippen molar-refractivity contribution in [2.45, 2.75) is 19.1 Å². The van der Waals surface area contributed by atoms with Gasteiger partial charge in [-0.15, -0.1) is 11.6 Å². The normalized spacial score (nSPS) is 11.7. The second-order valence-corrected chi connectivity index (χ2v) is 4.96. The van der Waals surface area contributed by atoms with E-state index in [0.717, 1.165) is 5.56 Å². The van der Waals surface area contributed by atoms with E-state index in [-0.39, 0.29) is 11.8 Å². The predicted molar refractivity (Wildman–Crippen MR) is 83.3 cm³/mol. The fourth-order valence-corrected chi connectivity index (χ4v) is 1.98. The van der Waals surface area contributed by atoms with Gasteiger partial charge in [0.15, 0.2) is 12.6 Å². The number of hydrogen-bond donors (Lipinski definition) is 3.